The van der Waals surface area contributed by atoms with Gasteiger partial charge in [-0.2, -0.15) is 0 Å². The number of carbonyl (C=O) groups is 2. The number of nitrogens with one attached hydrogen (secondary N) is 1. The number of aliphatic hydroxyl groups is 1. The summed E-state index contributed by atoms with van der Waals surface area (Å²) in [5, 5.41) is 12.9. The van der Waals surface area contributed by atoms with E-state index in [0.717, 1.165) is 57.8 Å². The van der Waals surface area contributed by atoms with E-state index < -0.39 is 0 Å². The second kappa shape index (κ2) is 48.9. The molecule has 0 heterocycles. The molecule has 0 saturated heterocycles. The largest absolute Gasteiger partial charge is 0.394 e. The molecule has 0 aliphatic rings. The molecule has 0 saturated carbocycles. The Hall–Kier alpha value is -1.42. The molecular formula is C53H101NO3. The second-order valence-electron chi connectivity index (χ2n) is 17.8. The summed E-state index contributed by atoms with van der Waals surface area (Å²) in [7, 11) is 0. The first-order valence-electron chi connectivity index (χ1n) is 25.9. The van der Waals surface area contributed by atoms with Gasteiger partial charge in [-0.15, -0.1) is 0 Å². The zero-order valence-electron chi connectivity index (χ0n) is 38.8. The van der Waals surface area contributed by atoms with Crippen LogP contribution >= 0.6 is 0 Å². The zero-order valence-corrected chi connectivity index (χ0v) is 38.8. The van der Waals surface area contributed by atoms with Crippen LogP contribution in [-0.2, 0) is 9.59 Å². The summed E-state index contributed by atoms with van der Waals surface area (Å²) in [6, 6.07) is -0.0719. The highest BCUT2D eigenvalue weighted by molar-refractivity contribution is 5.78. The minimum Gasteiger partial charge on any atom is -0.394 e. The van der Waals surface area contributed by atoms with E-state index in [1.165, 1.54) is 212 Å². The molecule has 4 heteroatoms. The lowest BCUT2D eigenvalue weighted by atomic mass is 10.0. The van der Waals surface area contributed by atoms with E-state index in [9.17, 15) is 14.7 Å². The van der Waals surface area contributed by atoms with Gasteiger partial charge in [0.2, 0.25) is 5.91 Å². The van der Waals surface area contributed by atoms with Crippen LogP contribution in [0.1, 0.15) is 290 Å². The number of carbonyl (C=O) groups excluding carboxylic acids is 2. The number of allylic oxidation sites excluding steroid dienone is 4. The van der Waals surface area contributed by atoms with Gasteiger partial charge in [-0.3, -0.25) is 9.59 Å². The summed E-state index contributed by atoms with van der Waals surface area (Å²) in [4.78, 5) is 24.7. The highest BCUT2D eigenvalue weighted by Gasteiger charge is 2.11. The van der Waals surface area contributed by atoms with Crippen LogP contribution in [0.15, 0.2) is 24.3 Å². The number of aliphatic hydroxyl groups excluding tert-OH is 1. The Balaban J connectivity index is 3.40. The van der Waals surface area contributed by atoms with Crippen molar-refractivity contribution in [1.29, 1.82) is 0 Å². The van der Waals surface area contributed by atoms with Crippen LogP contribution in [0, 0.1) is 0 Å². The average molecular weight is 800 g/mol. The van der Waals surface area contributed by atoms with Crippen molar-refractivity contribution < 1.29 is 14.7 Å². The topological polar surface area (TPSA) is 66.4 Å². The highest BCUT2D eigenvalue weighted by Crippen LogP contribution is 2.17. The molecule has 4 nitrogen and oxygen atoms in total. The maximum atomic E-state index is 12.4. The third-order valence-corrected chi connectivity index (χ3v) is 12.0. The van der Waals surface area contributed by atoms with Gasteiger partial charge in [0.1, 0.15) is 5.78 Å². The predicted octanol–water partition coefficient (Wildman–Crippen LogP) is 17.0. The molecule has 0 spiro atoms. The van der Waals surface area contributed by atoms with E-state index in [1.807, 2.05) is 0 Å². The van der Waals surface area contributed by atoms with Crippen LogP contribution in [0.2, 0.25) is 0 Å². The molecule has 0 aromatic heterocycles. The molecule has 0 bridgehead atoms. The molecule has 0 aromatic rings. The van der Waals surface area contributed by atoms with Crippen molar-refractivity contribution in [1.82, 2.24) is 5.32 Å². The van der Waals surface area contributed by atoms with Crippen molar-refractivity contribution in [3.8, 4) is 0 Å². The number of ketones is 1. The molecule has 336 valence electrons. The molecule has 1 atom stereocenters. The Morgan fingerprint density at radius 2 is 0.719 bits per heavy atom. The van der Waals surface area contributed by atoms with E-state index in [4.69, 9.17) is 0 Å². The maximum Gasteiger partial charge on any atom is 0.220 e. The molecule has 0 aliphatic carbocycles. The molecule has 1 amide bonds. The normalized spacial score (nSPS) is 12.3. The first-order valence-corrected chi connectivity index (χ1v) is 25.9. The first kappa shape index (κ1) is 55.6. The predicted molar refractivity (Wildman–Crippen MR) is 252 cm³/mol. The molecule has 2 N–H and O–H groups in total. The minimum absolute atomic E-state index is 0.0569. The van der Waals surface area contributed by atoms with Gasteiger partial charge in [0.25, 0.3) is 0 Å². The smallest absolute Gasteiger partial charge is 0.220 e. The molecule has 0 rings (SSSR count). The van der Waals surface area contributed by atoms with E-state index in [0.29, 0.717) is 12.2 Å². The third kappa shape index (κ3) is 47.1. The van der Waals surface area contributed by atoms with Gasteiger partial charge in [0.05, 0.1) is 12.6 Å². The maximum absolute atomic E-state index is 12.4. The van der Waals surface area contributed by atoms with E-state index in [2.05, 4.69) is 43.5 Å². The van der Waals surface area contributed by atoms with Gasteiger partial charge in [0.15, 0.2) is 0 Å². The summed E-state index contributed by atoms with van der Waals surface area (Å²) < 4.78 is 0. The molecule has 0 fully saturated rings. The van der Waals surface area contributed by atoms with Gasteiger partial charge in [0, 0.05) is 19.3 Å². The van der Waals surface area contributed by atoms with Crippen molar-refractivity contribution in [3.63, 3.8) is 0 Å². The van der Waals surface area contributed by atoms with Gasteiger partial charge in [-0.05, 0) is 57.8 Å². The van der Waals surface area contributed by atoms with E-state index >= 15 is 0 Å². The number of hydrogen-bond donors (Lipinski definition) is 2. The number of rotatable bonds is 48. The van der Waals surface area contributed by atoms with Crippen LogP contribution in [-0.4, -0.2) is 29.4 Å². The molecule has 0 aromatic carbocycles. The Bertz CT molecular complexity index is 866. The van der Waals surface area contributed by atoms with Crippen LogP contribution in [0.5, 0.6) is 0 Å². The van der Waals surface area contributed by atoms with Crippen LogP contribution in [0.4, 0.5) is 0 Å². The summed E-state index contributed by atoms with van der Waals surface area (Å²) in [6.07, 6.45) is 62.5. The van der Waals surface area contributed by atoms with Gasteiger partial charge >= 0.3 is 0 Å². The average Bonchev–Trinajstić information content (AvgIpc) is 3.21. The van der Waals surface area contributed by atoms with E-state index in [-0.39, 0.29) is 18.6 Å². The van der Waals surface area contributed by atoms with Crippen molar-refractivity contribution in [2.45, 2.75) is 296 Å². The molecule has 0 aliphatic heterocycles. The molecular weight excluding hydrogens is 699 g/mol. The Morgan fingerprint density at radius 1 is 0.404 bits per heavy atom. The van der Waals surface area contributed by atoms with Crippen LogP contribution in [0.3, 0.4) is 0 Å². The number of unbranched alkanes of at least 4 members (excludes halogenated alkanes) is 34. The van der Waals surface area contributed by atoms with Gasteiger partial charge in [-0.1, -0.05) is 237 Å². The summed E-state index contributed by atoms with van der Waals surface area (Å²) in [5.74, 6) is 0.600. The van der Waals surface area contributed by atoms with Gasteiger partial charge in [-0.25, -0.2) is 0 Å². The lowest BCUT2D eigenvalue weighted by Crippen LogP contribution is -2.37. The van der Waals surface area contributed by atoms with Crippen LogP contribution in [0.25, 0.3) is 0 Å². The monoisotopic (exact) mass is 800 g/mol. The second-order valence-corrected chi connectivity index (χ2v) is 17.8. The lowest BCUT2D eigenvalue weighted by molar-refractivity contribution is -0.122. The Morgan fingerprint density at radius 3 is 1.12 bits per heavy atom. The van der Waals surface area contributed by atoms with Crippen molar-refractivity contribution >= 4 is 11.7 Å². The minimum atomic E-state index is -0.0719. The van der Waals surface area contributed by atoms with Crippen molar-refractivity contribution in [3.05, 3.63) is 24.3 Å². The van der Waals surface area contributed by atoms with Crippen LogP contribution < -0.4 is 5.32 Å². The third-order valence-electron chi connectivity index (χ3n) is 12.0. The number of Topliss-reactive ketones (excluding diaryl/α,β-unsaturated/α-hetero) is 1. The fraction of sp³-hybridized carbons (Fsp3) is 0.887. The first-order chi connectivity index (χ1) is 28.1. The van der Waals surface area contributed by atoms with E-state index in [1.54, 1.807) is 0 Å². The highest BCUT2D eigenvalue weighted by atomic mass is 16.3. The molecule has 0 unspecified atom stereocenters. The Kier molecular flexibility index (Phi) is 47.7. The lowest BCUT2D eigenvalue weighted by Gasteiger charge is -2.16. The fourth-order valence-electron chi connectivity index (χ4n) is 8.08. The number of amides is 1. The quantitative estimate of drug-likeness (QED) is 0.0476. The standard InChI is InChI=1S/C53H101NO3/c1-3-5-7-9-11-13-15-17-19-21-22-26-30-34-38-42-46-51(50-55)54-53(57)49-45-41-37-33-29-25-24-28-32-36-40-44-48-52(56)47-43-39-35-31-27-23-20-18-16-14-12-10-8-6-4-2/h12,14,18,20,51,55H,3-11,13,15-17,19,21-50H2,1-2H3,(H,54,57)/b14-12-,20-18-/t51-/m0/s1. The van der Waals surface area contributed by atoms with Gasteiger partial charge < -0.3 is 10.4 Å². The zero-order chi connectivity index (χ0) is 41.4. The number of hydrogen-bond acceptors (Lipinski definition) is 3. The fourth-order valence-corrected chi connectivity index (χ4v) is 8.08. The SMILES string of the molecule is CCCCC/C=C\C/C=C\CCCCCCCC(=O)CCCCCCCCCCCCCCC(=O)N[C@H](CO)CCCCCCCCCCCCCCCCCC. The molecule has 57 heavy (non-hydrogen) atoms. The summed E-state index contributed by atoms with van der Waals surface area (Å²) >= 11 is 0. The van der Waals surface area contributed by atoms with Crippen molar-refractivity contribution in [2.75, 3.05) is 6.61 Å². The summed E-state index contributed by atoms with van der Waals surface area (Å²) in [6.45, 7) is 4.60. The van der Waals surface area contributed by atoms with Crippen molar-refractivity contribution in [2.24, 2.45) is 0 Å². The molecule has 0 radical (unpaired) electrons. The summed E-state index contributed by atoms with van der Waals surface area (Å²) in [5.41, 5.74) is 0. The Labute approximate surface area is 357 Å².